The molecule has 1 N–H and O–H groups in total. The van der Waals surface area contributed by atoms with Crippen LogP contribution in [-0.2, 0) is 16.0 Å². The highest BCUT2D eigenvalue weighted by Crippen LogP contribution is 2.49. The number of carbonyl (C=O) groups is 2. The van der Waals surface area contributed by atoms with Gasteiger partial charge in [0.2, 0.25) is 0 Å². The lowest BCUT2D eigenvalue weighted by molar-refractivity contribution is -0.138. The fraction of sp³-hybridized carbons (Fsp3) is 0.310. The number of pyridine rings is 2. The molecule has 1 aromatic carbocycles. The first-order valence-electron chi connectivity index (χ1n) is 12.9. The molecule has 1 unspecified atom stereocenters. The van der Waals surface area contributed by atoms with Crippen LogP contribution in [0.3, 0.4) is 0 Å². The van der Waals surface area contributed by atoms with Crippen LogP contribution in [0.25, 0.3) is 28.2 Å². The van der Waals surface area contributed by atoms with E-state index in [9.17, 15) is 14.7 Å². The Labute approximate surface area is 238 Å². The van der Waals surface area contributed by atoms with Gasteiger partial charge in [0.25, 0.3) is 0 Å². The van der Waals surface area contributed by atoms with Crippen molar-refractivity contribution in [3.8, 4) is 17.1 Å². The third-order valence-corrected chi connectivity index (χ3v) is 8.82. The summed E-state index contributed by atoms with van der Waals surface area (Å²) < 4.78 is 1.95. The highest BCUT2D eigenvalue weighted by molar-refractivity contribution is 9.10. The second-order valence-electron chi connectivity index (χ2n) is 10.1. The van der Waals surface area contributed by atoms with Crippen molar-refractivity contribution in [3.05, 3.63) is 71.6 Å². The third-order valence-electron chi connectivity index (χ3n) is 7.74. The van der Waals surface area contributed by atoms with Crippen LogP contribution in [0.4, 0.5) is 0 Å². The van der Waals surface area contributed by atoms with E-state index in [2.05, 4.69) is 30.9 Å². The van der Waals surface area contributed by atoms with Gasteiger partial charge in [-0.25, -0.2) is 19.7 Å². The average Bonchev–Trinajstić information content (AvgIpc) is 3.35. The zero-order valence-electron chi connectivity index (χ0n) is 20.9. The minimum Gasteiger partial charge on any atom is -0.480 e. The molecule has 2 saturated carbocycles. The van der Waals surface area contributed by atoms with Crippen molar-refractivity contribution in [3.63, 3.8) is 0 Å². The highest BCUT2D eigenvalue weighted by Gasteiger charge is 2.58. The van der Waals surface area contributed by atoms with Crippen LogP contribution >= 0.6 is 27.5 Å². The van der Waals surface area contributed by atoms with Gasteiger partial charge in [-0.05, 0) is 54.8 Å². The Morgan fingerprint density at radius 1 is 1.13 bits per heavy atom. The predicted molar refractivity (Wildman–Crippen MR) is 153 cm³/mol. The Kier molecular flexibility index (Phi) is 6.81. The molecule has 2 fully saturated rings. The molecular weight excluding hydrogens is 582 g/mol. The van der Waals surface area contributed by atoms with E-state index in [4.69, 9.17) is 16.6 Å². The van der Waals surface area contributed by atoms with Crippen molar-refractivity contribution >= 4 is 56.2 Å². The van der Waals surface area contributed by atoms with Crippen LogP contribution in [-0.4, -0.2) is 53.0 Å². The van der Waals surface area contributed by atoms with Crippen molar-refractivity contribution in [2.45, 2.75) is 49.4 Å². The van der Waals surface area contributed by atoms with Crippen LogP contribution in [0.5, 0.6) is 0 Å². The Hall–Kier alpha value is -3.43. The van der Waals surface area contributed by atoms with Gasteiger partial charge < -0.3 is 5.11 Å². The van der Waals surface area contributed by atoms with Crippen molar-refractivity contribution in [2.24, 2.45) is 10.4 Å². The molecule has 198 valence electrons. The molecule has 10 heteroatoms. The zero-order valence-corrected chi connectivity index (χ0v) is 23.3. The summed E-state index contributed by atoms with van der Waals surface area (Å²) in [6, 6.07) is 14.0. The van der Waals surface area contributed by atoms with E-state index < -0.39 is 22.3 Å². The summed E-state index contributed by atoms with van der Waals surface area (Å²) in [6.45, 7) is 0. The number of rotatable bonds is 6. The van der Waals surface area contributed by atoms with Crippen molar-refractivity contribution in [1.82, 2.24) is 19.5 Å². The van der Waals surface area contributed by atoms with Gasteiger partial charge in [0, 0.05) is 35.8 Å². The Bertz CT molecular complexity index is 1590. The van der Waals surface area contributed by atoms with Crippen LogP contribution in [0.2, 0.25) is 5.15 Å². The average molecular weight is 607 g/mol. The maximum absolute atomic E-state index is 12.8. The molecule has 39 heavy (non-hydrogen) atoms. The number of ketones is 1. The van der Waals surface area contributed by atoms with Gasteiger partial charge in [-0.1, -0.05) is 58.9 Å². The second-order valence-corrected chi connectivity index (χ2v) is 11.4. The fourth-order valence-corrected chi connectivity index (χ4v) is 6.83. The largest absolute Gasteiger partial charge is 0.480 e. The fourth-order valence-electron chi connectivity index (χ4n) is 5.72. The molecule has 8 nitrogen and oxygen atoms in total. The molecule has 6 rings (SSSR count). The van der Waals surface area contributed by atoms with Crippen LogP contribution in [0.15, 0.2) is 65.9 Å². The lowest BCUT2D eigenvalue weighted by Crippen LogP contribution is -2.61. The van der Waals surface area contributed by atoms with Gasteiger partial charge in [0.15, 0.2) is 17.5 Å². The number of aliphatic imine (C=N–C) groups is 1. The summed E-state index contributed by atoms with van der Waals surface area (Å²) in [4.78, 5) is 42.7. The standard InChI is InChI=1S/C29H25BrClN5O3/c30-23-24(29(25(23)37)12-2-1-3-13-29)34-21(28(38)39)15-17-6-9-19(10-7-17)36-26(18-8-11-22(31)33-16-18)35-20-5-4-14-32-27(20)36/h4-11,14,16,21,23H,1-3,12-13,15H2,(H,38,39)/t21-,23?/m0/s1. The normalized spacial score (nSPS) is 20.3. The number of fused-ring (bicyclic) bond motifs is 1. The summed E-state index contributed by atoms with van der Waals surface area (Å²) in [6.07, 6.45) is 8.16. The molecule has 0 saturated heterocycles. The molecular formula is C29H25BrClN5O3. The third kappa shape index (κ3) is 4.57. The number of carboxylic acid groups (broad SMARTS) is 1. The smallest absolute Gasteiger partial charge is 0.328 e. The molecule has 2 aliphatic rings. The minimum absolute atomic E-state index is 0.141. The molecule has 0 radical (unpaired) electrons. The molecule has 1 spiro atoms. The summed E-state index contributed by atoms with van der Waals surface area (Å²) in [7, 11) is 0. The van der Waals surface area contributed by atoms with Crippen LogP contribution in [0.1, 0.15) is 37.7 Å². The number of Topliss-reactive ketones (excluding diaryl/α,β-unsaturated/α-hetero) is 1. The molecule has 3 heterocycles. The highest BCUT2D eigenvalue weighted by atomic mass is 79.9. The van der Waals surface area contributed by atoms with Gasteiger partial charge in [-0.2, -0.15) is 0 Å². The molecule has 2 atom stereocenters. The Morgan fingerprint density at radius 2 is 1.90 bits per heavy atom. The maximum atomic E-state index is 12.8. The van der Waals surface area contributed by atoms with Crippen molar-refractivity contribution < 1.29 is 14.7 Å². The van der Waals surface area contributed by atoms with E-state index in [0.717, 1.165) is 54.4 Å². The van der Waals surface area contributed by atoms with Gasteiger partial charge in [-0.15, -0.1) is 0 Å². The number of halogens is 2. The lowest BCUT2D eigenvalue weighted by Gasteiger charge is -2.47. The van der Waals surface area contributed by atoms with Crippen molar-refractivity contribution in [2.75, 3.05) is 0 Å². The number of hydrogen-bond acceptors (Lipinski definition) is 6. The number of aromatic nitrogens is 4. The number of carbonyl (C=O) groups excluding carboxylic acids is 1. The number of aliphatic carboxylic acids is 1. The molecule has 0 amide bonds. The van der Waals surface area contributed by atoms with E-state index >= 15 is 0 Å². The lowest BCUT2D eigenvalue weighted by atomic mass is 9.58. The number of benzene rings is 1. The number of carboxylic acids is 1. The first kappa shape index (κ1) is 25.8. The first-order chi connectivity index (χ1) is 18.9. The van der Waals surface area contributed by atoms with E-state index in [-0.39, 0.29) is 12.2 Å². The molecule has 2 aliphatic carbocycles. The predicted octanol–water partition coefficient (Wildman–Crippen LogP) is 5.87. The van der Waals surface area contributed by atoms with Gasteiger partial charge in [0.05, 0.1) is 5.41 Å². The SMILES string of the molecule is O=C(O)[C@H](Cc1ccc(-n2c(-c3ccc(Cl)nc3)nc3cccnc32)cc1)N=C1C(Br)C(=O)C12CCCCC2. The molecule has 3 aromatic heterocycles. The zero-order chi connectivity index (χ0) is 27.1. The number of nitrogens with zero attached hydrogens (tertiary/aromatic N) is 5. The molecule has 0 aliphatic heterocycles. The van der Waals surface area contributed by atoms with Gasteiger partial charge in [0.1, 0.15) is 21.3 Å². The molecule has 0 bridgehead atoms. The maximum Gasteiger partial charge on any atom is 0.328 e. The second kappa shape index (κ2) is 10.3. The van der Waals surface area contributed by atoms with Crippen LogP contribution < -0.4 is 0 Å². The summed E-state index contributed by atoms with van der Waals surface area (Å²) >= 11 is 9.44. The topological polar surface area (TPSA) is 110 Å². The van der Waals surface area contributed by atoms with E-state index in [1.807, 2.05) is 47.0 Å². The quantitative estimate of drug-likeness (QED) is 0.217. The van der Waals surface area contributed by atoms with Gasteiger partial charge >= 0.3 is 5.97 Å². The Balaban J connectivity index is 1.31. The number of imidazole rings is 1. The first-order valence-corrected chi connectivity index (χ1v) is 14.2. The Morgan fingerprint density at radius 3 is 2.59 bits per heavy atom. The van der Waals surface area contributed by atoms with Crippen molar-refractivity contribution in [1.29, 1.82) is 0 Å². The van der Waals surface area contributed by atoms with Gasteiger partial charge in [-0.3, -0.25) is 14.4 Å². The van der Waals surface area contributed by atoms with E-state index in [1.165, 1.54) is 0 Å². The van der Waals surface area contributed by atoms with E-state index in [0.29, 0.717) is 22.3 Å². The monoisotopic (exact) mass is 605 g/mol. The number of hydrogen-bond donors (Lipinski definition) is 1. The number of alkyl halides is 1. The summed E-state index contributed by atoms with van der Waals surface area (Å²) in [5.41, 5.74) is 4.01. The van der Waals surface area contributed by atoms with E-state index in [1.54, 1.807) is 18.5 Å². The summed E-state index contributed by atoms with van der Waals surface area (Å²) in [5, 5.41) is 10.4. The summed E-state index contributed by atoms with van der Waals surface area (Å²) in [5.74, 6) is -0.188. The molecule has 4 aromatic rings. The van der Waals surface area contributed by atoms with Crippen LogP contribution in [0, 0.1) is 5.41 Å². The minimum atomic E-state index is -1.00.